The first kappa shape index (κ1) is 17.1. The van der Waals surface area contributed by atoms with Crippen LogP contribution in [-0.4, -0.2) is 39.1 Å². The molecule has 0 aliphatic heterocycles. The molecule has 1 aromatic rings. The zero-order chi connectivity index (χ0) is 17.1. The van der Waals surface area contributed by atoms with Crippen LogP contribution in [-0.2, 0) is 16.0 Å². The molecule has 1 aromatic heterocycles. The summed E-state index contributed by atoms with van der Waals surface area (Å²) in [5.41, 5.74) is -2.09. The Labute approximate surface area is 118 Å². The molecule has 1 amide bonds. The van der Waals surface area contributed by atoms with Gasteiger partial charge < -0.3 is 15.4 Å². The van der Waals surface area contributed by atoms with Gasteiger partial charge in [0.1, 0.15) is 6.04 Å². The van der Waals surface area contributed by atoms with Gasteiger partial charge in [0, 0.05) is 18.7 Å². The van der Waals surface area contributed by atoms with E-state index in [9.17, 15) is 37.7 Å². The van der Waals surface area contributed by atoms with E-state index >= 15 is 0 Å². The fourth-order valence-electron chi connectivity index (χ4n) is 1.44. The Morgan fingerprint density at radius 3 is 2.50 bits per heavy atom. The average Bonchev–Trinajstić information content (AvgIpc) is 2.38. The quantitative estimate of drug-likeness (QED) is 0.512. The topological polar surface area (TPSA) is 142 Å². The monoisotopic (exact) mass is 323 g/mol. The van der Waals surface area contributed by atoms with E-state index in [1.54, 1.807) is 0 Å². The highest BCUT2D eigenvalue weighted by Gasteiger charge is 2.40. The lowest BCUT2D eigenvalue weighted by Gasteiger charge is -2.15. The molecule has 0 saturated heterocycles. The number of amides is 1. The molecular formula is C10H8F3N3O6. The van der Waals surface area contributed by atoms with E-state index in [1.807, 2.05) is 4.98 Å². The zero-order valence-electron chi connectivity index (χ0n) is 10.5. The van der Waals surface area contributed by atoms with Crippen molar-refractivity contribution in [1.82, 2.24) is 10.3 Å². The number of hydrogen-bond donors (Lipinski definition) is 3. The van der Waals surface area contributed by atoms with Crippen LogP contribution in [0.1, 0.15) is 5.56 Å². The van der Waals surface area contributed by atoms with Gasteiger partial charge in [0.05, 0.1) is 4.92 Å². The van der Waals surface area contributed by atoms with Crippen molar-refractivity contribution < 1.29 is 32.8 Å². The summed E-state index contributed by atoms with van der Waals surface area (Å²) in [6, 6.07) is -1.26. The van der Waals surface area contributed by atoms with Gasteiger partial charge in [0.15, 0.2) is 0 Å². The second-order valence-corrected chi connectivity index (χ2v) is 4.05. The number of carbonyl (C=O) groups excluding carboxylic acids is 1. The van der Waals surface area contributed by atoms with Gasteiger partial charge in [-0.3, -0.25) is 19.7 Å². The van der Waals surface area contributed by atoms with Gasteiger partial charge >= 0.3 is 29.3 Å². The number of carboxylic acid groups (broad SMARTS) is 1. The van der Waals surface area contributed by atoms with Crippen molar-refractivity contribution in [2.45, 2.75) is 18.6 Å². The normalized spacial score (nSPS) is 12.5. The Kier molecular flexibility index (Phi) is 4.86. The van der Waals surface area contributed by atoms with Gasteiger partial charge in [-0.2, -0.15) is 13.2 Å². The summed E-state index contributed by atoms with van der Waals surface area (Å²) < 4.78 is 36.3. The highest BCUT2D eigenvalue weighted by molar-refractivity contribution is 5.87. The highest BCUT2D eigenvalue weighted by atomic mass is 19.4. The van der Waals surface area contributed by atoms with Gasteiger partial charge in [0.2, 0.25) is 0 Å². The molecule has 12 heteroatoms. The van der Waals surface area contributed by atoms with Gasteiger partial charge in [0.25, 0.3) is 0 Å². The van der Waals surface area contributed by atoms with Crippen LogP contribution in [0.4, 0.5) is 18.9 Å². The molecule has 0 aliphatic carbocycles. The van der Waals surface area contributed by atoms with Gasteiger partial charge in [-0.15, -0.1) is 0 Å². The maximum absolute atomic E-state index is 12.1. The number of aromatic amines is 1. The summed E-state index contributed by atoms with van der Waals surface area (Å²) in [5, 5.41) is 20.6. The van der Waals surface area contributed by atoms with E-state index in [0.717, 1.165) is 6.20 Å². The number of halogens is 3. The number of alkyl halides is 3. The van der Waals surface area contributed by atoms with Crippen LogP contribution < -0.4 is 10.9 Å². The van der Waals surface area contributed by atoms with Crippen LogP contribution in [0.25, 0.3) is 0 Å². The minimum atomic E-state index is -5.27. The van der Waals surface area contributed by atoms with Crippen LogP contribution in [0, 0.1) is 10.1 Å². The molecule has 0 radical (unpaired) electrons. The van der Waals surface area contributed by atoms with Crippen molar-refractivity contribution in [3.05, 3.63) is 38.3 Å². The third-order valence-electron chi connectivity index (χ3n) is 2.44. The average molecular weight is 323 g/mol. The number of nitro groups is 1. The van der Waals surface area contributed by atoms with Crippen molar-refractivity contribution in [3.63, 3.8) is 0 Å². The summed E-state index contributed by atoms with van der Waals surface area (Å²) >= 11 is 0. The fraction of sp³-hybridized carbons (Fsp3) is 0.300. The molecular weight excluding hydrogens is 315 g/mol. The summed E-state index contributed by atoms with van der Waals surface area (Å²) in [7, 11) is 0. The van der Waals surface area contributed by atoms with Crippen LogP contribution in [0.5, 0.6) is 0 Å². The SMILES string of the molecule is O=C(O)C(Cc1c[nH]c(=O)c([N+](=O)[O-])c1)NC(=O)C(F)(F)F. The third-order valence-corrected chi connectivity index (χ3v) is 2.44. The van der Waals surface area contributed by atoms with Gasteiger partial charge in [-0.05, 0) is 5.56 Å². The lowest BCUT2D eigenvalue weighted by molar-refractivity contribution is -0.386. The number of aliphatic carboxylic acids is 1. The van der Waals surface area contributed by atoms with E-state index in [1.165, 1.54) is 5.32 Å². The molecule has 3 N–H and O–H groups in total. The van der Waals surface area contributed by atoms with Crippen molar-refractivity contribution in [2.24, 2.45) is 0 Å². The Hall–Kier alpha value is -2.92. The maximum Gasteiger partial charge on any atom is 0.471 e. The standard InChI is InChI=1S/C10H8F3N3O6/c11-10(12,13)9(20)15-5(8(18)19)1-4-2-6(16(21)22)7(17)14-3-4/h2-3,5H,1H2,(H,14,17)(H,15,20)(H,18,19). The van der Waals surface area contributed by atoms with E-state index in [0.29, 0.717) is 6.07 Å². The van der Waals surface area contributed by atoms with E-state index < -0.39 is 46.7 Å². The van der Waals surface area contributed by atoms with Crippen molar-refractivity contribution in [2.75, 3.05) is 0 Å². The summed E-state index contributed by atoms with van der Waals surface area (Å²) in [5.74, 6) is -4.23. The molecule has 0 aliphatic rings. The lowest BCUT2D eigenvalue weighted by atomic mass is 10.1. The van der Waals surface area contributed by atoms with E-state index in [4.69, 9.17) is 5.11 Å². The summed E-state index contributed by atoms with van der Waals surface area (Å²) in [4.78, 5) is 44.2. The number of H-pyrrole nitrogens is 1. The number of hydrogen-bond acceptors (Lipinski definition) is 5. The number of nitrogens with one attached hydrogen (secondary N) is 2. The molecule has 0 bridgehead atoms. The molecule has 1 heterocycles. The Morgan fingerprint density at radius 1 is 1.45 bits per heavy atom. The van der Waals surface area contributed by atoms with Crippen LogP contribution in [0.15, 0.2) is 17.1 Å². The third kappa shape index (κ3) is 4.29. The van der Waals surface area contributed by atoms with E-state index in [-0.39, 0.29) is 5.56 Å². The molecule has 0 aromatic carbocycles. The molecule has 120 valence electrons. The number of nitrogens with zero attached hydrogens (tertiary/aromatic N) is 1. The Bertz CT molecular complexity index is 669. The zero-order valence-corrected chi connectivity index (χ0v) is 10.5. The Morgan fingerprint density at radius 2 is 2.05 bits per heavy atom. The second-order valence-electron chi connectivity index (χ2n) is 4.05. The van der Waals surface area contributed by atoms with Gasteiger partial charge in [-0.25, -0.2) is 4.79 Å². The second kappa shape index (κ2) is 6.24. The highest BCUT2D eigenvalue weighted by Crippen LogP contribution is 2.15. The number of aromatic nitrogens is 1. The minimum Gasteiger partial charge on any atom is -0.480 e. The first-order valence-electron chi connectivity index (χ1n) is 5.49. The number of carbonyl (C=O) groups is 2. The molecule has 0 saturated carbocycles. The molecule has 0 fully saturated rings. The van der Waals surface area contributed by atoms with E-state index in [2.05, 4.69) is 0 Å². The lowest BCUT2D eigenvalue weighted by Crippen LogP contribution is -2.47. The fourth-order valence-corrected chi connectivity index (χ4v) is 1.44. The first-order valence-corrected chi connectivity index (χ1v) is 5.49. The van der Waals surface area contributed by atoms with Crippen molar-refractivity contribution >= 4 is 17.6 Å². The molecule has 1 unspecified atom stereocenters. The molecule has 22 heavy (non-hydrogen) atoms. The van der Waals surface area contributed by atoms with Crippen LogP contribution >= 0.6 is 0 Å². The number of rotatable bonds is 5. The largest absolute Gasteiger partial charge is 0.480 e. The first-order chi connectivity index (χ1) is 10.0. The predicted molar refractivity (Wildman–Crippen MR) is 63.0 cm³/mol. The maximum atomic E-state index is 12.1. The van der Waals surface area contributed by atoms with Crippen LogP contribution in [0.3, 0.4) is 0 Å². The predicted octanol–water partition coefficient (Wildman–Crippen LogP) is -0.0427. The smallest absolute Gasteiger partial charge is 0.471 e. The summed E-state index contributed by atoms with van der Waals surface area (Å²) in [6.45, 7) is 0. The summed E-state index contributed by atoms with van der Waals surface area (Å²) in [6.07, 6.45) is -5.05. The molecule has 0 spiro atoms. The molecule has 1 rings (SSSR count). The van der Waals surface area contributed by atoms with Crippen LogP contribution in [0.2, 0.25) is 0 Å². The van der Waals surface area contributed by atoms with Crippen molar-refractivity contribution in [1.29, 1.82) is 0 Å². The van der Waals surface area contributed by atoms with Crippen molar-refractivity contribution in [3.8, 4) is 0 Å². The minimum absolute atomic E-state index is 0.138. The number of pyridine rings is 1. The molecule has 1 atom stereocenters. The number of carboxylic acids is 1. The Balaban J connectivity index is 3.00. The molecule has 9 nitrogen and oxygen atoms in total. The van der Waals surface area contributed by atoms with Gasteiger partial charge in [-0.1, -0.05) is 0 Å².